The van der Waals surface area contributed by atoms with Gasteiger partial charge in [0.05, 0.1) is 43.2 Å². The van der Waals surface area contributed by atoms with E-state index < -0.39 is 59.6 Å². The van der Waals surface area contributed by atoms with Gasteiger partial charge in [0.25, 0.3) is 5.91 Å². The van der Waals surface area contributed by atoms with Crippen LogP contribution in [0.25, 0.3) is 0 Å². The van der Waals surface area contributed by atoms with E-state index in [4.69, 9.17) is 14.2 Å². The molecule has 53 heavy (non-hydrogen) atoms. The van der Waals surface area contributed by atoms with Gasteiger partial charge in [0.1, 0.15) is 17.7 Å². The van der Waals surface area contributed by atoms with E-state index in [2.05, 4.69) is 18.5 Å². The van der Waals surface area contributed by atoms with Gasteiger partial charge < -0.3 is 34.4 Å². The van der Waals surface area contributed by atoms with Gasteiger partial charge >= 0.3 is 5.97 Å². The third-order valence-corrected chi connectivity index (χ3v) is 10.9. The van der Waals surface area contributed by atoms with Crippen LogP contribution in [-0.2, 0) is 33.4 Å². The van der Waals surface area contributed by atoms with Crippen LogP contribution in [0, 0.1) is 31.6 Å². The molecule has 3 aliphatic rings. The smallest absolute Gasteiger partial charge is 0.313 e. The predicted molar refractivity (Wildman–Crippen MR) is 202 cm³/mol. The summed E-state index contributed by atoms with van der Waals surface area (Å²) in [5.41, 5.74) is 1.82. The Morgan fingerprint density at radius 3 is 2.40 bits per heavy atom. The standard InChI is InChI=1S/C42H55N3O8/c1-8-10-19-33(47)43-31(25-51-7)37(29-17-12-11-13-18-29)52-41(50)34-32-20-21-42(53-32)35(34)39(48)45(30(24-46)23-26(3)4)38(42)40(49)44(22-9-2)36-27(5)15-14-16-28(36)6/h8-9,11-18,26,30-32,34-35,37-38,46H,1-2,10,19-25H2,3-7H3,(H,43,47)/t30-,31+,32-,34+,35+,37+,38-,42+/m1/s1. The summed E-state index contributed by atoms with van der Waals surface area (Å²) < 4.78 is 18.6. The lowest BCUT2D eigenvalue weighted by Crippen LogP contribution is -2.59. The summed E-state index contributed by atoms with van der Waals surface area (Å²) in [5.74, 6) is -3.60. The van der Waals surface area contributed by atoms with E-state index in [1.807, 2.05) is 76.2 Å². The number of para-hydroxylation sites is 1. The first-order valence-corrected chi connectivity index (χ1v) is 18.7. The monoisotopic (exact) mass is 729 g/mol. The zero-order valence-corrected chi connectivity index (χ0v) is 31.7. The van der Waals surface area contributed by atoms with Crippen molar-refractivity contribution in [2.75, 3.05) is 31.8 Å². The number of nitrogens with zero attached hydrogens (tertiary/aromatic N) is 2. The Morgan fingerprint density at radius 2 is 1.79 bits per heavy atom. The number of aliphatic hydroxyl groups is 1. The minimum atomic E-state index is -1.32. The van der Waals surface area contributed by atoms with Crippen molar-refractivity contribution in [3.8, 4) is 0 Å². The zero-order valence-electron chi connectivity index (χ0n) is 31.7. The second-order valence-corrected chi connectivity index (χ2v) is 15.0. The van der Waals surface area contributed by atoms with Crippen LogP contribution in [0.4, 0.5) is 5.69 Å². The van der Waals surface area contributed by atoms with Crippen molar-refractivity contribution < 1.29 is 38.5 Å². The lowest BCUT2D eigenvalue weighted by molar-refractivity contribution is -0.163. The molecule has 2 aromatic carbocycles. The van der Waals surface area contributed by atoms with Gasteiger partial charge in [-0.3, -0.25) is 19.2 Å². The maximum Gasteiger partial charge on any atom is 0.313 e. The van der Waals surface area contributed by atoms with Crippen LogP contribution in [0.15, 0.2) is 73.8 Å². The molecule has 8 atom stereocenters. The maximum atomic E-state index is 15.2. The summed E-state index contributed by atoms with van der Waals surface area (Å²) in [6.07, 6.45) is 3.64. The van der Waals surface area contributed by atoms with E-state index >= 15 is 4.79 Å². The molecule has 3 amide bonds. The number of fused-ring (bicyclic) bond motifs is 1. The fraction of sp³-hybridized carbons (Fsp3) is 0.524. The van der Waals surface area contributed by atoms with Crippen LogP contribution in [0.2, 0.25) is 0 Å². The number of aryl methyl sites for hydroxylation is 2. The van der Waals surface area contributed by atoms with E-state index in [9.17, 15) is 19.5 Å². The fourth-order valence-corrected chi connectivity index (χ4v) is 8.78. The Labute approximate surface area is 313 Å². The second-order valence-electron chi connectivity index (χ2n) is 15.0. The number of amides is 3. The summed E-state index contributed by atoms with van der Waals surface area (Å²) in [6, 6.07) is 12.4. The third-order valence-electron chi connectivity index (χ3n) is 10.9. The van der Waals surface area contributed by atoms with Gasteiger partial charge in [0, 0.05) is 25.8 Å². The van der Waals surface area contributed by atoms with Crippen LogP contribution in [-0.4, -0.2) is 90.4 Å². The van der Waals surface area contributed by atoms with Crippen molar-refractivity contribution in [2.24, 2.45) is 17.8 Å². The molecule has 0 radical (unpaired) electrons. The van der Waals surface area contributed by atoms with Crippen molar-refractivity contribution >= 4 is 29.4 Å². The molecule has 0 aliphatic carbocycles. The largest absolute Gasteiger partial charge is 0.455 e. The molecule has 3 saturated heterocycles. The number of likely N-dealkylation sites (tertiary alicyclic amines) is 1. The normalized spacial score (nSPS) is 24.7. The second kappa shape index (κ2) is 17.2. The number of hydrogen-bond donors (Lipinski definition) is 2. The molecule has 11 heteroatoms. The van der Waals surface area contributed by atoms with Gasteiger partial charge in [-0.15, -0.1) is 13.2 Å². The van der Waals surface area contributed by atoms with Crippen LogP contribution in [0.1, 0.15) is 68.7 Å². The molecule has 0 unspecified atom stereocenters. The fourth-order valence-electron chi connectivity index (χ4n) is 8.78. The number of anilines is 1. The minimum Gasteiger partial charge on any atom is -0.455 e. The van der Waals surface area contributed by atoms with Crippen LogP contribution in [0.5, 0.6) is 0 Å². The number of hydrogen-bond acceptors (Lipinski definition) is 8. The van der Waals surface area contributed by atoms with E-state index in [1.165, 1.54) is 12.0 Å². The number of carbonyl (C=O) groups excluding carboxylic acids is 4. The van der Waals surface area contributed by atoms with Gasteiger partial charge in [0.15, 0.2) is 0 Å². The number of allylic oxidation sites excluding steroid dienone is 1. The van der Waals surface area contributed by atoms with Crippen molar-refractivity contribution in [3.05, 3.63) is 90.5 Å². The first-order valence-electron chi connectivity index (χ1n) is 18.7. The Bertz CT molecular complexity index is 1640. The Morgan fingerprint density at radius 1 is 1.09 bits per heavy atom. The number of methoxy groups -OCH3 is 1. The molecule has 2 bridgehead atoms. The summed E-state index contributed by atoms with van der Waals surface area (Å²) >= 11 is 0. The average molecular weight is 730 g/mol. The molecule has 1 spiro atoms. The number of rotatable bonds is 18. The number of nitrogens with one attached hydrogen (secondary N) is 1. The molecule has 0 saturated carbocycles. The third kappa shape index (κ3) is 7.84. The highest BCUT2D eigenvalue weighted by Gasteiger charge is 2.76. The zero-order chi connectivity index (χ0) is 38.4. The lowest BCUT2D eigenvalue weighted by atomic mass is 9.70. The Kier molecular flexibility index (Phi) is 13.0. The first kappa shape index (κ1) is 39.9. The van der Waals surface area contributed by atoms with Crippen molar-refractivity contribution in [1.82, 2.24) is 10.2 Å². The molecule has 2 aromatic rings. The van der Waals surface area contributed by atoms with Crippen molar-refractivity contribution in [3.63, 3.8) is 0 Å². The van der Waals surface area contributed by atoms with Gasteiger partial charge in [-0.2, -0.15) is 0 Å². The predicted octanol–water partition coefficient (Wildman–Crippen LogP) is 4.99. The first-order chi connectivity index (χ1) is 25.4. The Hall–Kier alpha value is -4.32. The highest BCUT2D eigenvalue weighted by atomic mass is 16.6. The lowest BCUT2D eigenvalue weighted by Gasteiger charge is -2.40. The van der Waals surface area contributed by atoms with Crippen molar-refractivity contribution in [2.45, 2.75) is 95.7 Å². The van der Waals surface area contributed by atoms with Gasteiger partial charge in [-0.1, -0.05) is 74.5 Å². The molecule has 11 nitrogen and oxygen atoms in total. The van der Waals surface area contributed by atoms with E-state index in [1.54, 1.807) is 17.1 Å². The Balaban J connectivity index is 1.56. The van der Waals surface area contributed by atoms with E-state index in [-0.39, 0.29) is 43.9 Å². The molecule has 0 aromatic heterocycles. The summed E-state index contributed by atoms with van der Waals surface area (Å²) in [6.45, 7) is 15.4. The van der Waals surface area contributed by atoms with E-state index in [0.717, 1.165) is 16.8 Å². The molecule has 3 heterocycles. The van der Waals surface area contributed by atoms with Gasteiger partial charge in [-0.05, 0) is 62.1 Å². The molecular weight excluding hydrogens is 674 g/mol. The average Bonchev–Trinajstić information content (AvgIpc) is 3.78. The highest BCUT2D eigenvalue weighted by Crippen LogP contribution is 2.59. The SMILES string of the molecule is C=CCCC(=O)N[C@@H](COC)[C@@H](OC(=O)[C@@H]1[C@H]2C(=O)N([C@@H](CO)CC(C)C)[C@H](C(=O)N(CC=C)c3c(C)cccc3C)[C@]23CC[C@H]1O3)c1ccccc1. The topological polar surface area (TPSA) is 135 Å². The maximum absolute atomic E-state index is 15.2. The minimum absolute atomic E-state index is 0.0543. The molecule has 3 aliphatic heterocycles. The number of carbonyl (C=O) groups is 4. The highest BCUT2D eigenvalue weighted by molar-refractivity contribution is 6.05. The number of ether oxygens (including phenoxy) is 3. The molecule has 2 N–H and O–H groups in total. The summed E-state index contributed by atoms with van der Waals surface area (Å²) in [7, 11) is 1.51. The number of benzene rings is 2. The quantitative estimate of drug-likeness (QED) is 0.162. The summed E-state index contributed by atoms with van der Waals surface area (Å²) in [5, 5.41) is 13.7. The van der Waals surface area contributed by atoms with Gasteiger partial charge in [0.2, 0.25) is 11.8 Å². The van der Waals surface area contributed by atoms with Gasteiger partial charge in [-0.25, -0.2) is 0 Å². The molecule has 286 valence electrons. The van der Waals surface area contributed by atoms with E-state index in [0.29, 0.717) is 31.2 Å². The van der Waals surface area contributed by atoms with Crippen LogP contribution in [0.3, 0.4) is 0 Å². The van der Waals surface area contributed by atoms with Crippen molar-refractivity contribution in [1.29, 1.82) is 0 Å². The summed E-state index contributed by atoms with van der Waals surface area (Å²) in [4.78, 5) is 60.8. The molecule has 3 fully saturated rings. The number of aliphatic hydroxyl groups excluding tert-OH is 1. The molecular formula is C42H55N3O8. The number of esters is 1. The van der Waals surface area contributed by atoms with Crippen LogP contribution < -0.4 is 10.2 Å². The molecule has 5 rings (SSSR count). The van der Waals surface area contributed by atoms with Crippen LogP contribution >= 0.6 is 0 Å².